The van der Waals surface area contributed by atoms with Crippen molar-refractivity contribution in [1.82, 2.24) is 5.06 Å². The van der Waals surface area contributed by atoms with Crippen LogP contribution in [0.1, 0.15) is 90.4 Å². The predicted octanol–water partition coefficient (Wildman–Crippen LogP) is 5.59. The summed E-state index contributed by atoms with van der Waals surface area (Å²) < 4.78 is 5.44. The lowest BCUT2D eigenvalue weighted by atomic mass is 10.1. The van der Waals surface area contributed by atoms with Crippen molar-refractivity contribution >= 4 is 29.9 Å². The van der Waals surface area contributed by atoms with Gasteiger partial charge in [0.25, 0.3) is 0 Å². The molecule has 0 aliphatic carbocycles. The van der Waals surface area contributed by atoms with Gasteiger partial charge in [-0.25, -0.2) is 4.79 Å². The van der Waals surface area contributed by atoms with Gasteiger partial charge in [0, 0.05) is 12.8 Å². The van der Waals surface area contributed by atoms with Gasteiger partial charge in [0.2, 0.25) is 0 Å². The Balaban J connectivity index is 2.02. The van der Waals surface area contributed by atoms with Gasteiger partial charge in [0.15, 0.2) is 0 Å². The van der Waals surface area contributed by atoms with Gasteiger partial charge >= 0.3 is 11.9 Å². The second-order valence-electron chi connectivity index (χ2n) is 7.73. The number of halogens is 1. The molecule has 0 aromatic heterocycles. The Hall–Kier alpha value is -1.56. The highest BCUT2D eigenvalue weighted by atomic mass is 35.5. The number of rotatable bonds is 18. The largest absolute Gasteiger partial charge is 0.461 e. The Kier molecular flexibility index (Phi) is 16.1. The molecule has 0 unspecified atom stereocenters. The standard InChI is InChI=1S/C23H39ClN2O4/c1-2-3-4-11-14-21(29-23(28)19-24)15-12-9-7-5-6-8-10-13-16-22(27)30-26-18-17-25-20-26/h9,12,20-21H,2-8,10-11,13-19H2,1H3/b12-9-/t21-/m1/s1. The summed E-state index contributed by atoms with van der Waals surface area (Å²) in [6, 6.07) is 0. The molecule has 7 heteroatoms. The lowest BCUT2D eigenvalue weighted by Crippen LogP contribution is -2.24. The first-order chi connectivity index (χ1) is 14.7. The van der Waals surface area contributed by atoms with Crippen LogP contribution >= 0.6 is 11.6 Å². The van der Waals surface area contributed by atoms with Crippen LogP contribution in [0, 0.1) is 0 Å². The number of nitrogens with zero attached hydrogens (tertiary/aromatic N) is 2. The van der Waals surface area contributed by atoms with E-state index in [2.05, 4.69) is 24.1 Å². The summed E-state index contributed by atoms with van der Waals surface area (Å²) in [4.78, 5) is 32.3. The van der Waals surface area contributed by atoms with Crippen molar-refractivity contribution < 1.29 is 19.2 Å². The zero-order valence-corrected chi connectivity index (χ0v) is 19.3. The summed E-state index contributed by atoms with van der Waals surface area (Å²) in [6.07, 6.45) is 19.0. The SMILES string of the molecule is CCCCCC[C@H](C/C=C\CCCCCCCC(=O)ON1C=NCC1)OC(=O)CCl. The third-order valence-electron chi connectivity index (χ3n) is 4.98. The van der Waals surface area contributed by atoms with E-state index in [1.54, 1.807) is 6.34 Å². The lowest BCUT2D eigenvalue weighted by molar-refractivity contribution is -0.170. The van der Waals surface area contributed by atoms with Gasteiger partial charge in [0.1, 0.15) is 18.3 Å². The molecule has 0 aromatic rings. The fourth-order valence-electron chi connectivity index (χ4n) is 3.28. The first-order valence-corrected chi connectivity index (χ1v) is 12.1. The molecule has 1 atom stereocenters. The second kappa shape index (κ2) is 18.2. The summed E-state index contributed by atoms with van der Waals surface area (Å²) in [5.41, 5.74) is 0. The molecular formula is C23H39ClN2O4. The molecule has 0 bridgehead atoms. The summed E-state index contributed by atoms with van der Waals surface area (Å²) in [6.45, 7) is 3.54. The number of carbonyl (C=O) groups is 2. The normalized spacial score (nSPS) is 14.4. The highest BCUT2D eigenvalue weighted by Crippen LogP contribution is 2.14. The second-order valence-corrected chi connectivity index (χ2v) is 8.00. The van der Waals surface area contributed by atoms with Crippen LogP contribution in [0.5, 0.6) is 0 Å². The van der Waals surface area contributed by atoms with Gasteiger partial charge < -0.3 is 9.57 Å². The number of aliphatic imine (C=N–C) groups is 1. The highest BCUT2D eigenvalue weighted by molar-refractivity contribution is 6.26. The van der Waals surface area contributed by atoms with Gasteiger partial charge in [-0.05, 0) is 32.1 Å². The molecule has 0 N–H and O–H groups in total. The third-order valence-corrected chi connectivity index (χ3v) is 5.20. The van der Waals surface area contributed by atoms with Crippen molar-refractivity contribution in [2.24, 2.45) is 4.99 Å². The number of alkyl halides is 1. The van der Waals surface area contributed by atoms with E-state index in [1.807, 2.05) is 0 Å². The zero-order chi connectivity index (χ0) is 21.9. The van der Waals surface area contributed by atoms with Crippen molar-refractivity contribution in [2.45, 2.75) is 96.5 Å². The molecule has 0 radical (unpaired) electrons. The summed E-state index contributed by atoms with van der Waals surface area (Å²) >= 11 is 5.56. The van der Waals surface area contributed by atoms with E-state index in [1.165, 1.54) is 24.3 Å². The molecule has 1 aliphatic rings. The van der Waals surface area contributed by atoms with Crippen LogP contribution in [0.15, 0.2) is 17.1 Å². The van der Waals surface area contributed by atoms with E-state index in [0.29, 0.717) is 19.5 Å². The number of esters is 1. The first-order valence-electron chi connectivity index (χ1n) is 11.5. The minimum Gasteiger partial charge on any atom is -0.461 e. The molecule has 30 heavy (non-hydrogen) atoms. The average Bonchev–Trinajstić information content (AvgIpc) is 3.24. The van der Waals surface area contributed by atoms with Crippen LogP contribution in [0.2, 0.25) is 0 Å². The number of hydrogen-bond donors (Lipinski definition) is 0. The fraction of sp³-hybridized carbons (Fsp3) is 0.783. The number of ether oxygens (including phenoxy) is 1. The van der Waals surface area contributed by atoms with Crippen LogP contribution in [-0.2, 0) is 19.2 Å². The Morgan fingerprint density at radius 1 is 1.07 bits per heavy atom. The van der Waals surface area contributed by atoms with Crippen molar-refractivity contribution in [3.63, 3.8) is 0 Å². The highest BCUT2D eigenvalue weighted by Gasteiger charge is 2.12. The Labute approximate surface area is 187 Å². The van der Waals surface area contributed by atoms with E-state index in [-0.39, 0.29) is 23.9 Å². The Morgan fingerprint density at radius 2 is 1.83 bits per heavy atom. The van der Waals surface area contributed by atoms with Gasteiger partial charge in [-0.2, -0.15) is 5.06 Å². The molecular weight excluding hydrogens is 404 g/mol. The molecule has 0 saturated heterocycles. The number of unbranched alkanes of at least 4 members (excludes halogenated alkanes) is 8. The quantitative estimate of drug-likeness (QED) is 0.120. The molecule has 0 saturated carbocycles. The van der Waals surface area contributed by atoms with Gasteiger partial charge in [-0.3, -0.25) is 9.79 Å². The number of carbonyl (C=O) groups excluding carboxylic acids is 2. The maximum absolute atomic E-state index is 11.7. The Bertz CT molecular complexity index is 525. The summed E-state index contributed by atoms with van der Waals surface area (Å²) in [5.74, 6) is -0.590. The topological polar surface area (TPSA) is 68.2 Å². The van der Waals surface area contributed by atoms with Gasteiger partial charge in [-0.15, -0.1) is 11.6 Å². The molecule has 1 heterocycles. The van der Waals surface area contributed by atoms with Crippen molar-refractivity contribution in [2.75, 3.05) is 19.0 Å². The zero-order valence-electron chi connectivity index (χ0n) is 18.5. The Morgan fingerprint density at radius 3 is 2.57 bits per heavy atom. The van der Waals surface area contributed by atoms with Crippen LogP contribution in [0.25, 0.3) is 0 Å². The van der Waals surface area contributed by atoms with E-state index in [9.17, 15) is 9.59 Å². The monoisotopic (exact) mass is 442 g/mol. The fourth-order valence-corrected chi connectivity index (χ4v) is 3.34. The van der Waals surface area contributed by atoms with Crippen molar-refractivity contribution in [3.05, 3.63) is 12.2 Å². The number of allylic oxidation sites excluding steroid dienone is 1. The maximum atomic E-state index is 11.7. The van der Waals surface area contributed by atoms with Gasteiger partial charge in [0.05, 0.1) is 13.1 Å². The first kappa shape index (κ1) is 26.5. The summed E-state index contributed by atoms with van der Waals surface area (Å²) in [7, 11) is 0. The number of hydroxylamine groups is 2. The minimum atomic E-state index is -0.331. The molecule has 172 valence electrons. The minimum absolute atomic E-state index is 0.0593. The van der Waals surface area contributed by atoms with E-state index in [0.717, 1.165) is 57.8 Å². The predicted molar refractivity (Wildman–Crippen MR) is 122 cm³/mol. The van der Waals surface area contributed by atoms with Crippen molar-refractivity contribution in [3.8, 4) is 0 Å². The van der Waals surface area contributed by atoms with Crippen molar-refractivity contribution in [1.29, 1.82) is 0 Å². The average molecular weight is 443 g/mol. The smallest absolute Gasteiger partial charge is 0.332 e. The van der Waals surface area contributed by atoms with Crippen LogP contribution in [-0.4, -0.2) is 48.4 Å². The molecule has 1 rings (SSSR count). The van der Waals surface area contributed by atoms with Gasteiger partial charge in [-0.1, -0.05) is 57.6 Å². The molecule has 1 aliphatic heterocycles. The molecule has 0 aromatic carbocycles. The molecule has 6 nitrogen and oxygen atoms in total. The maximum Gasteiger partial charge on any atom is 0.332 e. The molecule has 0 spiro atoms. The van der Waals surface area contributed by atoms with E-state index >= 15 is 0 Å². The third kappa shape index (κ3) is 14.4. The van der Waals surface area contributed by atoms with Crippen LogP contribution in [0.3, 0.4) is 0 Å². The number of hydrogen-bond acceptors (Lipinski definition) is 6. The van der Waals surface area contributed by atoms with Crippen LogP contribution < -0.4 is 0 Å². The molecule has 0 fully saturated rings. The van der Waals surface area contributed by atoms with E-state index < -0.39 is 0 Å². The lowest BCUT2D eigenvalue weighted by Gasteiger charge is -2.15. The summed E-state index contributed by atoms with van der Waals surface area (Å²) in [5, 5.41) is 1.50. The van der Waals surface area contributed by atoms with E-state index in [4.69, 9.17) is 21.2 Å². The molecule has 0 amide bonds. The van der Waals surface area contributed by atoms with Crippen LogP contribution in [0.4, 0.5) is 0 Å².